The molecule has 0 saturated heterocycles. The van der Waals surface area contributed by atoms with Crippen molar-refractivity contribution in [2.24, 2.45) is 0 Å². The molecule has 25 heavy (non-hydrogen) atoms. The monoisotopic (exact) mass is 404 g/mol. The third-order valence-electron chi connectivity index (χ3n) is 3.47. The number of halogens is 2. The highest BCUT2D eigenvalue weighted by Crippen LogP contribution is 2.19. The predicted molar refractivity (Wildman–Crippen MR) is 101 cm³/mol. The number of hydrogen-bond acceptors (Lipinski definition) is 2. The largest absolute Gasteiger partial charge is 0.352 e. The van der Waals surface area contributed by atoms with Gasteiger partial charge in [-0.2, -0.15) is 0 Å². The topological polar surface area (TPSA) is 58.2 Å². The van der Waals surface area contributed by atoms with Gasteiger partial charge in [-0.1, -0.05) is 22.0 Å². The lowest BCUT2D eigenvalue weighted by Gasteiger charge is -2.09. The first-order valence-corrected chi connectivity index (χ1v) is 8.53. The van der Waals surface area contributed by atoms with E-state index in [1.54, 1.807) is 30.3 Å². The second-order valence-corrected chi connectivity index (χ2v) is 6.29. The van der Waals surface area contributed by atoms with Crippen LogP contribution in [0.3, 0.4) is 0 Å². The Labute approximate surface area is 154 Å². The number of carbonyl (C=O) groups excluding carboxylic acids is 2. The SMILES string of the molecule is CCNC(=O)c1ccc(C)c(NC(=O)C=Cc2cc(Br)ccc2F)c1. The van der Waals surface area contributed by atoms with Crippen LogP contribution in [0.2, 0.25) is 0 Å². The highest BCUT2D eigenvalue weighted by Gasteiger charge is 2.09. The molecule has 0 atom stereocenters. The molecule has 0 saturated carbocycles. The number of anilines is 1. The Morgan fingerprint density at radius 3 is 2.68 bits per heavy atom. The van der Waals surface area contributed by atoms with Crippen molar-refractivity contribution in [1.29, 1.82) is 0 Å². The fourth-order valence-electron chi connectivity index (χ4n) is 2.14. The third kappa shape index (κ3) is 5.26. The van der Waals surface area contributed by atoms with E-state index in [4.69, 9.17) is 0 Å². The lowest BCUT2D eigenvalue weighted by Crippen LogP contribution is -2.23. The van der Waals surface area contributed by atoms with Gasteiger partial charge in [0, 0.05) is 33.9 Å². The average molecular weight is 405 g/mol. The summed E-state index contributed by atoms with van der Waals surface area (Å²) in [5.41, 5.74) is 2.12. The lowest BCUT2D eigenvalue weighted by atomic mass is 10.1. The van der Waals surface area contributed by atoms with Crippen LogP contribution in [0.5, 0.6) is 0 Å². The molecule has 130 valence electrons. The van der Waals surface area contributed by atoms with Crippen molar-refractivity contribution >= 4 is 39.5 Å². The van der Waals surface area contributed by atoms with Crippen molar-refractivity contribution in [2.45, 2.75) is 13.8 Å². The summed E-state index contributed by atoms with van der Waals surface area (Å²) in [5, 5.41) is 5.42. The third-order valence-corrected chi connectivity index (χ3v) is 3.96. The minimum atomic E-state index is -0.415. The van der Waals surface area contributed by atoms with Crippen LogP contribution in [0.25, 0.3) is 6.08 Å². The number of carbonyl (C=O) groups is 2. The maximum atomic E-state index is 13.7. The molecule has 4 nitrogen and oxygen atoms in total. The van der Waals surface area contributed by atoms with Gasteiger partial charge in [-0.15, -0.1) is 0 Å². The summed E-state index contributed by atoms with van der Waals surface area (Å²) >= 11 is 3.26. The van der Waals surface area contributed by atoms with E-state index in [1.165, 1.54) is 18.2 Å². The van der Waals surface area contributed by atoms with E-state index < -0.39 is 11.7 Å². The Morgan fingerprint density at radius 2 is 1.96 bits per heavy atom. The number of aryl methyl sites for hydroxylation is 1. The molecule has 2 aromatic rings. The van der Waals surface area contributed by atoms with Crippen molar-refractivity contribution in [3.63, 3.8) is 0 Å². The van der Waals surface area contributed by atoms with Gasteiger partial charge >= 0.3 is 0 Å². The highest BCUT2D eigenvalue weighted by molar-refractivity contribution is 9.10. The minimum Gasteiger partial charge on any atom is -0.352 e. The molecule has 0 unspecified atom stereocenters. The quantitative estimate of drug-likeness (QED) is 0.729. The van der Waals surface area contributed by atoms with E-state index in [-0.39, 0.29) is 5.91 Å². The Hall–Kier alpha value is -2.47. The van der Waals surface area contributed by atoms with Crippen molar-refractivity contribution < 1.29 is 14.0 Å². The van der Waals surface area contributed by atoms with Gasteiger partial charge in [-0.25, -0.2) is 4.39 Å². The standard InChI is InChI=1S/C19H18BrFN2O2/c1-3-22-19(25)14-5-4-12(2)17(11-14)23-18(24)9-6-13-10-15(20)7-8-16(13)21/h4-11H,3H2,1-2H3,(H,22,25)(H,23,24). The van der Waals surface area contributed by atoms with Gasteiger partial charge in [0.15, 0.2) is 0 Å². The molecule has 2 N–H and O–H groups in total. The zero-order valence-corrected chi connectivity index (χ0v) is 15.5. The molecule has 0 aromatic heterocycles. The van der Waals surface area contributed by atoms with E-state index in [1.807, 2.05) is 13.8 Å². The van der Waals surface area contributed by atoms with Crippen LogP contribution in [-0.4, -0.2) is 18.4 Å². The summed E-state index contributed by atoms with van der Waals surface area (Å²) in [6, 6.07) is 9.57. The first-order chi connectivity index (χ1) is 11.9. The number of benzene rings is 2. The van der Waals surface area contributed by atoms with Crippen LogP contribution in [0.15, 0.2) is 46.9 Å². The van der Waals surface area contributed by atoms with Crippen LogP contribution < -0.4 is 10.6 Å². The smallest absolute Gasteiger partial charge is 0.251 e. The van der Waals surface area contributed by atoms with Gasteiger partial charge < -0.3 is 10.6 Å². The summed E-state index contributed by atoms with van der Waals surface area (Å²) in [6.07, 6.45) is 2.65. The predicted octanol–water partition coefficient (Wildman–Crippen LogP) is 4.30. The molecule has 6 heteroatoms. The fraction of sp³-hybridized carbons (Fsp3) is 0.158. The van der Waals surface area contributed by atoms with Gasteiger partial charge in [0.25, 0.3) is 5.91 Å². The molecule has 0 spiro atoms. The molecule has 0 bridgehead atoms. The van der Waals surface area contributed by atoms with Crippen LogP contribution >= 0.6 is 15.9 Å². The Kier molecular flexibility index (Phi) is 6.47. The number of hydrogen-bond donors (Lipinski definition) is 2. The van der Waals surface area contributed by atoms with Crippen molar-refractivity contribution in [3.8, 4) is 0 Å². The van der Waals surface area contributed by atoms with Crippen LogP contribution in [0.4, 0.5) is 10.1 Å². The maximum Gasteiger partial charge on any atom is 0.251 e. The Balaban J connectivity index is 2.14. The molecule has 0 aliphatic heterocycles. The molecule has 2 aromatic carbocycles. The van der Waals surface area contributed by atoms with Gasteiger partial charge in [0.1, 0.15) is 5.82 Å². The molecular weight excluding hydrogens is 387 g/mol. The van der Waals surface area contributed by atoms with E-state index in [9.17, 15) is 14.0 Å². The molecule has 0 aliphatic carbocycles. The Bertz CT molecular complexity index is 834. The zero-order valence-electron chi connectivity index (χ0n) is 13.9. The minimum absolute atomic E-state index is 0.204. The van der Waals surface area contributed by atoms with Crippen LogP contribution in [0.1, 0.15) is 28.4 Å². The van der Waals surface area contributed by atoms with Gasteiger partial charge in [-0.05, 0) is 55.8 Å². The summed E-state index contributed by atoms with van der Waals surface area (Å²) < 4.78 is 14.4. The fourth-order valence-corrected chi connectivity index (χ4v) is 2.52. The van der Waals surface area contributed by atoms with E-state index in [2.05, 4.69) is 26.6 Å². The van der Waals surface area contributed by atoms with Gasteiger partial charge in [0.2, 0.25) is 5.91 Å². The maximum absolute atomic E-state index is 13.7. The van der Waals surface area contributed by atoms with Crippen molar-refractivity contribution in [3.05, 3.63) is 69.5 Å². The molecule has 0 heterocycles. The molecule has 2 amide bonds. The van der Waals surface area contributed by atoms with E-state index in [0.29, 0.717) is 23.4 Å². The first-order valence-electron chi connectivity index (χ1n) is 7.73. The van der Waals surface area contributed by atoms with E-state index in [0.717, 1.165) is 10.0 Å². The van der Waals surface area contributed by atoms with Crippen molar-refractivity contribution in [2.75, 3.05) is 11.9 Å². The molecule has 2 rings (SSSR count). The van der Waals surface area contributed by atoms with Crippen molar-refractivity contribution in [1.82, 2.24) is 5.32 Å². The average Bonchev–Trinajstić information content (AvgIpc) is 2.58. The summed E-state index contributed by atoms with van der Waals surface area (Å²) in [5.74, 6) is -1.03. The first kappa shape index (κ1) is 18.9. The van der Waals surface area contributed by atoms with Crippen LogP contribution in [0, 0.1) is 12.7 Å². The number of nitrogens with one attached hydrogen (secondary N) is 2. The normalized spacial score (nSPS) is 10.7. The lowest BCUT2D eigenvalue weighted by molar-refractivity contribution is -0.111. The molecular formula is C19H18BrFN2O2. The highest BCUT2D eigenvalue weighted by atomic mass is 79.9. The second kappa shape index (κ2) is 8.58. The number of rotatable bonds is 5. The summed E-state index contributed by atoms with van der Waals surface area (Å²) in [6.45, 7) is 4.19. The van der Waals surface area contributed by atoms with E-state index >= 15 is 0 Å². The molecule has 0 fully saturated rings. The summed E-state index contributed by atoms with van der Waals surface area (Å²) in [4.78, 5) is 24.0. The second-order valence-electron chi connectivity index (χ2n) is 5.38. The zero-order chi connectivity index (χ0) is 18.4. The Morgan fingerprint density at radius 1 is 1.20 bits per heavy atom. The van der Waals surface area contributed by atoms with Gasteiger partial charge in [-0.3, -0.25) is 9.59 Å². The van der Waals surface area contributed by atoms with Gasteiger partial charge in [0.05, 0.1) is 0 Å². The number of amides is 2. The molecule has 0 aliphatic rings. The van der Waals surface area contributed by atoms with Crippen LogP contribution in [-0.2, 0) is 4.79 Å². The summed E-state index contributed by atoms with van der Waals surface area (Å²) in [7, 11) is 0. The molecule has 0 radical (unpaired) electrons.